The molecule has 0 saturated heterocycles. The van der Waals surface area contributed by atoms with E-state index in [9.17, 15) is 22.0 Å². The fraction of sp³-hybridized carbons (Fsp3) is 0.462. The monoisotopic (exact) mass is 321 g/mol. The molecule has 1 rings (SSSR count). The highest BCUT2D eigenvalue weighted by Gasteiger charge is 2.27. The third-order valence-corrected chi connectivity index (χ3v) is 4.32. The number of rotatable bonds is 7. The summed E-state index contributed by atoms with van der Waals surface area (Å²) in [7, 11) is -4.01. The summed E-state index contributed by atoms with van der Waals surface area (Å²) in [6.45, 7) is 3.01. The van der Waals surface area contributed by atoms with Crippen LogP contribution in [-0.4, -0.2) is 25.0 Å². The second kappa shape index (κ2) is 6.48. The molecule has 0 bridgehead atoms. The number of halogens is 2. The van der Waals surface area contributed by atoms with Crippen molar-refractivity contribution in [1.82, 2.24) is 4.72 Å². The van der Waals surface area contributed by atoms with E-state index in [2.05, 4.69) is 4.72 Å². The number of carbonyl (C=O) groups is 1. The second-order valence-electron chi connectivity index (χ2n) is 5.34. The SMILES string of the molecule is CC(C)(CCC(=O)O)NS(=O)(=O)Cc1c(F)cccc1F. The van der Waals surface area contributed by atoms with Gasteiger partial charge >= 0.3 is 5.97 Å². The maximum absolute atomic E-state index is 13.5. The Hall–Kier alpha value is -1.54. The summed E-state index contributed by atoms with van der Waals surface area (Å²) in [6.07, 6.45) is -0.162. The molecule has 0 amide bonds. The highest BCUT2D eigenvalue weighted by atomic mass is 32.2. The molecule has 0 aromatic heterocycles. The summed E-state index contributed by atoms with van der Waals surface area (Å²) < 4.78 is 53.1. The largest absolute Gasteiger partial charge is 0.481 e. The van der Waals surface area contributed by atoms with Crippen LogP contribution in [0.5, 0.6) is 0 Å². The average Bonchev–Trinajstić information content (AvgIpc) is 2.30. The van der Waals surface area contributed by atoms with Gasteiger partial charge in [-0.2, -0.15) is 0 Å². The average molecular weight is 321 g/mol. The van der Waals surface area contributed by atoms with Gasteiger partial charge in [0.15, 0.2) is 0 Å². The van der Waals surface area contributed by atoms with Crippen molar-refractivity contribution in [3.8, 4) is 0 Å². The van der Waals surface area contributed by atoms with Crippen LogP contribution >= 0.6 is 0 Å². The highest BCUT2D eigenvalue weighted by molar-refractivity contribution is 7.88. The van der Waals surface area contributed by atoms with Gasteiger partial charge in [0.25, 0.3) is 0 Å². The molecule has 0 saturated carbocycles. The van der Waals surface area contributed by atoms with Crippen molar-refractivity contribution < 1.29 is 27.1 Å². The van der Waals surface area contributed by atoms with E-state index in [4.69, 9.17) is 5.11 Å². The minimum Gasteiger partial charge on any atom is -0.481 e. The molecule has 0 spiro atoms. The molecular formula is C13H17F2NO4S. The molecule has 0 heterocycles. The molecule has 0 aliphatic carbocycles. The number of benzene rings is 1. The Balaban J connectivity index is 2.85. The molecule has 8 heteroatoms. The van der Waals surface area contributed by atoms with E-state index in [1.165, 1.54) is 13.8 Å². The van der Waals surface area contributed by atoms with E-state index in [0.29, 0.717) is 0 Å². The summed E-state index contributed by atoms with van der Waals surface area (Å²) in [5.41, 5.74) is -1.57. The smallest absolute Gasteiger partial charge is 0.303 e. The summed E-state index contributed by atoms with van der Waals surface area (Å²) in [5, 5.41) is 8.61. The first-order valence-corrected chi connectivity index (χ1v) is 7.84. The summed E-state index contributed by atoms with van der Waals surface area (Å²) in [5.74, 6) is -3.78. The Kier molecular flexibility index (Phi) is 5.41. The Morgan fingerprint density at radius 3 is 2.29 bits per heavy atom. The van der Waals surface area contributed by atoms with Crippen molar-refractivity contribution in [3.05, 3.63) is 35.4 Å². The first kappa shape index (κ1) is 17.5. The number of aliphatic carboxylic acids is 1. The number of carboxylic acid groups (broad SMARTS) is 1. The summed E-state index contributed by atoms with van der Waals surface area (Å²) >= 11 is 0. The highest BCUT2D eigenvalue weighted by Crippen LogP contribution is 2.18. The van der Waals surface area contributed by atoms with Crippen molar-refractivity contribution >= 4 is 16.0 Å². The van der Waals surface area contributed by atoms with Gasteiger partial charge < -0.3 is 5.11 Å². The van der Waals surface area contributed by atoms with Gasteiger partial charge in [-0.15, -0.1) is 0 Å². The maximum atomic E-state index is 13.5. The summed E-state index contributed by atoms with van der Waals surface area (Å²) in [6, 6.07) is 3.10. The predicted molar refractivity (Wildman–Crippen MR) is 73.1 cm³/mol. The fourth-order valence-corrected chi connectivity index (χ4v) is 3.46. The number of sulfonamides is 1. The lowest BCUT2D eigenvalue weighted by Gasteiger charge is -2.25. The lowest BCUT2D eigenvalue weighted by Crippen LogP contribution is -2.44. The molecule has 0 unspecified atom stereocenters. The minimum absolute atomic E-state index is 0.0569. The van der Waals surface area contributed by atoms with E-state index in [0.717, 1.165) is 18.2 Å². The zero-order valence-corrected chi connectivity index (χ0v) is 12.5. The van der Waals surface area contributed by atoms with Gasteiger partial charge in [0, 0.05) is 17.5 Å². The van der Waals surface area contributed by atoms with E-state index in [-0.39, 0.29) is 12.8 Å². The number of hydrogen-bond acceptors (Lipinski definition) is 3. The molecule has 0 aliphatic heterocycles. The normalized spacial score (nSPS) is 12.4. The topological polar surface area (TPSA) is 83.5 Å². The quantitative estimate of drug-likeness (QED) is 0.805. The van der Waals surface area contributed by atoms with Gasteiger partial charge in [0.05, 0.1) is 5.75 Å². The van der Waals surface area contributed by atoms with E-state index >= 15 is 0 Å². The maximum Gasteiger partial charge on any atom is 0.303 e. The third kappa shape index (κ3) is 5.76. The van der Waals surface area contributed by atoms with Crippen LogP contribution in [0.2, 0.25) is 0 Å². The zero-order valence-electron chi connectivity index (χ0n) is 11.7. The Morgan fingerprint density at radius 1 is 1.29 bits per heavy atom. The molecule has 0 aliphatic rings. The molecule has 5 nitrogen and oxygen atoms in total. The van der Waals surface area contributed by atoms with Crippen LogP contribution in [0.1, 0.15) is 32.3 Å². The van der Waals surface area contributed by atoms with Gasteiger partial charge in [-0.25, -0.2) is 21.9 Å². The van der Waals surface area contributed by atoms with Crippen LogP contribution in [0.25, 0.3) is 0 Å². The van der Waals surface area contributed by atoms with Crippen LogP contribution < -0.4 is 4.72 Å². The van der Waals surface area contributed by atoms with Crippen molar-refractivity contribution in [1.29, 1.82) is 0 Å². The van der Waals surface area contributed by atoms with E-state index in [1.807, 2.05) is 0 Å². The van der Waals surface area contributed by atoms with E-state index < -0.39 is 44.5 Å². The van der Waals surface area contributed by atoms with Crippen molar-refractivity contribution in [2.24, 2.45) is 0 Å². The first-order valence-electron chi connectivity index (χ1n) is 6.19. The zero-order chi connectivity index (χ0) is 16.3. The number of carboxylic acids is 1. The molecule has 0 radical (unpaired) electrons. The molecule has 21 heavy (non-hydrogen) atoms. The lowest BCUT2D eigenvalue weighted by molar-refractivity contribution is -0.137. The summed E-state index contributed by atoms with van der Waals surface area (Å²) in [4.78, 5) is 10.5. The number of hydrogen-bond donors (Lipinski definition) is 2. The lowest BCUT2D eigenvalue weighted by atomic mass is 10.0. The molecule has 0 atom stereocenters. The Labute approximate surface area is 122 Å². The van der Waals surface area contributed by atoms with E-state index in [1.54, 1.807) is 0 Å². The van der Waals surface area contributed by atoms with Gasteiger partial charge in [-0.1, -0.05) is 6.07 Å². The first-order chi connectivity index (χ1) is 9.52. The molecule has 0 fully saturated rings. The van der Waals surface area contributed by atoms with Crippen LogP contribution in [0.15, 0.2) is 18.2 Å². The van der Waals surface area contributed by atoms with Crippen molar-refractivity contribution in [2.45, 2.75) is 38.0 Å². The van der Waals surface area contributed by atoms with Gasteiger partial charge in [-0.05, 0) is 32.4 Å². The molecular weight excluding hydrogens is 304 g/mol. The van der Waals surface area contributed by atoms with Crippen LogP contribution in [0, 0.1) is 11.6 Å². The molecule has 2 N–H and O–H groups in total. The third-order valence-electron chi connectivity index (χ3n) is 2.79. The van der Waals surface area contributed by atoms with Gasteiger partial charge in [0.2, 0.25) is 10.0 Å². The van der Waals surface area contributed by atoms with Crippen molar-refractivity contribution in [3.63, 3.8) is 0 Å². The van der Waals surface area contributed by atoms with Gasteiger partial charge in [0.1, 0.15) is 11.6 Å². The minimum atomic E-state index is -4.01. The molecule has 1 aromatic rings. The number of nitrogens with one attached hydrogen (secondary N) is 1. The predicted octanol–water partition coefficient (Wildman–Crippen LogP) is 2.03. The van der Waals surface area contributed by atoms with Crippen LogP contribution in [0.3, 0.4) is 0 Å². The van der Waals surface area contributed by atoms with Crippen molar-refractivity contribution in [2.75, 3.05) is 0 Å². The van der Waals surface area contributed by atoms with Crippen LogP contribution in [-0.2, 0) is 20.6 Å². The molecule has 1 aromatic carbocycles. The Morgan fingerprint density at radius 2 is 1.81 bits per heavy atom. The fourth-order valence-electron chi connectivity index (χ4n) is 1.79. The van der Waals surface area contributed by atoms with Crippen LogP contribution in [0.4, 0.5) is 8.78 Å². The Bertz CT molecular complexity index is 609. The standard InChI is InChI=1S/C13H17F2NO4S/c1-13(2,7-6-12(17)18)16-21(19,20)8-9-10(14)4-3-5-11(9)15/h3-5,16H,6-8H2,1-2H3,(H,17,18). The second-order valence-corrected chi connectivity index (χ2v) is 7.06. The molecule has 118 valence electrons. The van der Waals surface area contributed by atoms with Gasteiger partial charge in [-0.3, -0.25) is 4.79 Å².